The average Bonchev–Trinajstić information content (AvgIpc) is 1.97. The van der Waals surface area contributed by atoms with Crippen molar-refractivity contribution in [1.29, 1.82) is 0 Å². The molecule has 0 aromatic rings. The molecule has 4 heteroatoms. The number of hydrogen-bond acceptors (Lipinski definition) is 1. The van der Waals surface area contributed by atoms with Crippen LogP contribution < -0.4 is 0 Å². The van der Waals surface area contributed by atoms with Gasteiger partial charge >= 0.3 is 0 Å². The van der Waals surface area contributed by atoms with Crippen molar-refractivity contribution in [2.24, 2.45) is 0 Å². The lowest BCUT2D eigenvalue weighted by Gasteiger charge is -2.09. The molecule has 0 saturated carbocycles. The van der Waals surface area contributed by atoms with Gasteiger partial charge in [-0.1, -0.05) is 34.8 Å². The van der Waals surface area contributed by atoms with Crippen molar-refractivity contribution in [3.05, 3.63) is 10.8 Å². The molecular formula is C5H5Cl3O. The van der Waals surface area contributed by atoms with Gasteiger partial charge in [0.05, 0.1) is 5.03 Å². The molecule has 0 radical (unpaired) electrons. The molecule has 0 unspecified atom stereocenters. The third kappa shape index (κ3) is 1.28. The summed E-state index contributed by atoms with van der Waals surface area (Å²) in [5, 5.41) is 9.08. The number of alkyl halides is 2. The summed E-state index contributed by atoms with van der Waals surface area (Å²) in [6.45, 7) is 0. The number of hydrogen-bond donors (Lipinski definition) is 1. The van der Waals surface area contributed by atoms with E-state index in [0.717, 1.165) is 0 Å². The van der Waals surface area contributed by atoms with E-state index in [1.165, 1.54) is 0 Å². The van der Waals surface area contributed by atoms with Gasteiger partial charge in [0, 0.05) is 6.42 Å². The lowest BCUT2D eigenvalue weighted by atomic mass is 10.3. The molecule has 0 spiro atoms. The standard InChI is InChI=1S/C5H5Cl3O/c6-4-3(9)1-2-5(4,7)8/h9H,1-2H2. The quantitative estimate of drug-likeness (QED) is 0.578. The monoisotopic (exact) mass is 186 g/mol. The summed E-state index contributed by atoms with van der Waals surface area (Å²) in [5.41, 5.74) is 0. The second kappa shape index (κ2) is 2.22. The predicted molar refractivity (Wildman–Crippen MR) is 39.2 cm³/mol. The van der Waals surface area contributed by atoms with Crippen LogP contribution in [-0.4, -0.2) is 9.44 Å². The molecule has 0 heterocycles. The van der Waals surface area contributed by atoms with Crippen LogP contribution in [0.3, 0.4) is 0 Å². The number of halogens is 3. The molecule has 0 saturated heterocycles. The van der Waals surface area contributed by atoms with Crippen LogP contribution in [0, 0.1) is 0 Å². The Bertz CT molecular complexity index is 162. The number of aliphatic hydroxyl groups excluding tert-OH is 1. The van der Waals surface area contributed by atoms with Crippen LogP contribution >= 0.6 is 34.8 Å². The summed E-state index contributed by atoms with van der Waals surface area (Å²) in [5.74, 6) is 0.113. The molecule has 1 nitrogen and oxygen atoms in total. The lowest BCUT2D eigenvalue weighted by molar-refractivity contribution is 0.396. The molecule has 1 aliphatic carbocycles. The highest BCUT2D eigenvalue weighted by Gasteiger charge is 2.36. The molecule has 1 N–H and O–H groups in total. The van der Waals surface area contributed by atoms with Crippen molar-refractivity contribution >= 4 is 34.8 Å². The number of aliphatic hydroxyl groups is 1. The smallest absolute Gasteiger partial charge is 0.157 e. The van der Waals surface area contributed by atoms with E-state index in [4.69, 9.17) is 39.9 Å². The number of allylic oxidation sites excluding steroid dienone is 2. The molecule has 9 heavy (non-hydrogen) atoms. The molecule has 0 aromatic heterocycles. The van der Waals surface area contributed by atoms with Crippen molar-refractivity contribution in [1.82, 2.24) is 0 Å². The second-order valence-corrected chi connectivity index (χ2v) is 3.83. The lowest BCUT2D eigenvalue weighted by Crippen LogP contribution is -2.06. The van der Waals surface area contributed by atoms with Crippen LogP contribution in [0.1, 0.15) is 12.8 Å². The topological polar surface area (TPSA) is 20.2 Å². The molecule has 1 aliphatic rings. The van der Waals surface area contributed by atoms with Crippen molar-refractivity contribution < 1.29 is 5.11 Å². The van der Waals surface area contributed by atoms with Crippen molar-refractivity contribution in [2.45, 2.75) is 17.2 Å². The van der Waals surface area contributed by atoms with Crippen LogP contribution in [0.4, 0.5) is 0 Å². The first-order valence-corrected chi connectivity index (χ1v) is 3.63. The van der Waals surface area contributed by atoms with Crippen molar-refractivity contribution in [3.63, 3.8) is 0 Å². The van der Waals surface area contributed by atoms with Crippen molar-refractivity contribution in [3.8, 4) is 0 Å². The van der Waals surface area contributed by atoms with Gasteiger partial charge in [0.25, 0.3) is 0 Å². The van der Waals surface area contributed by atoms with Gasteiger partial charge in [-0.15, -0.1) is 0 Å². The Hall–Kier alpha value is 0.410. The van der Waals surface area contributed by atoms with Gasteiger partial charge in [-0.05, 0) is 6.42 Å². The Balaban J connectivity index is 2.88. The van der Waals surface area contributed by atoms with Crippen LogP contribution in [0.2, 0.25) is 0 Å². The van der Waals surface area contributed by atoms with Crippen molar-refractivity contribution in [2.75, 3.05) is 0 Å². The molecule has 1 rings (SSSR count). The predicted octanol–water partition coefficient (Wildman–Crippen LogP) is 2.96. The van der Waals surface area contributed by atoms with Crippen LogP contribution in [-0.2, 0) is 0 Å². The maximum atomic E-state index is 8.91. The maximum Gasteiger partial charge on any atom is 0.157 e. The van der Waals surface area contributed by atoms with Gasteiger partial charge in [0.2, 0.25) is 0 Å². The van der Waals surface area contributed by atoms with E-state index in [-0.39, 0.29) is 10.8 Å². The van der Waals surface area contributed by atoms with Gasteiger partial charge in [0.1, 0.15) is 5.76 Å². The SMILES string of the molecule is OC1=C(Cl)C(Cl)(Cl)CC1. The van der Waals surface area contributed by atoms with Gasteiger partial charge in [-0.3, -0.25) is 0 Å². The van der Waals surface area contributed by atoms with E-state index >= 15 is 0 Å². The van der Waals surface area contributed by atoms with E-state index < -0.39 is 4.33 Å². The minimum atomic E-state index is -1.04. The summed E-state index contributed by atoms with van der Waals surface area (Å²) < 4.78 is -1.04. The highest BCUT2D eigenvalue weighted by atomic mass is 35.5. The first kappa shape index (κ1) is 7.52. The highest BCUT2D eigenvalue weighted by molar-refractivity contribution is 6.56. The fourth-order valence-electron chi connectivity index (χ4n) is 0.706. The Morgan fingerprint density at radius 2 is 2.00 bits per heavy atom. The van der Waals surface area contributed by atoms with Crippen LogP contribution in [0.15, 0.2) is 10.8 Å². The third-order valence-corrected chi connectivity index (χ3v) is 2.74. The van der Waals surface area contributed by atoms with Gasteiger partial charge < -0.3 is 5.11 Å². The van der Waals surface area contributed by atoms with Crippen LogP contribution in [0.5, 0.6) is 0 Å². The summed E-state index contributed by atoms with van der Waals surface area (Å²) in [6.07, 6.45) is 0.979. The van der Waals surface area contributed by atoms with E-state index in [0.29, 0.717) is 12.8 Å². The molecule has 0 bridgehead atoms. The zero-order valence-electron chi connectivity index (χ0n) is 4.50. The molecular weight excluding hydrogens is 182 g/mol. The minimum absolute atomic E-state index is 0.113. The fraction of sp³-hybridized carbons (Fsp3) is 0.600. The fourth-order valence-corrected chi connectivity index (χ4v) is 1.30. The van der Waals surface area contributed by atoms with E-state index in [9.17, 15) is 0 Å². The highest BCUT2D eigenvalue weighted by Crippen LogP contribution is 2.45. The summed E-state index contributed by atoms with van der Waals surface area (Å²) in [7, 11) is 0. The Labute approximate surface area is 68.2 Å². The third-order valence-electron chi connectivity index (χ3n) is 1.25. The Morgan fingerprint density at radius 1 is 1.44 bits per heavy atom. The summed E-state index contributed by atoms with van der Waals surface area (Å²) in [4.78, 5) is 0. The average molecular weight is 187 g/mol. The number of rotatable bonds is 0. The molecule has 0 atom stereocenters. The first-order valence-electron chi connectivity index (χ1n) is 2.50. The minimum Gasteiger partial charge on any atom is -0.511 e. The molecule has 0 fully saturated rings. The van der Waals surface area contributed by atoms with Crippen LogP contribution in [0.25, 0.3) is 0 Å². The molecule has 0 amide bonds. The van der Waals surface area contributed by atoms with E-state index in [2.05, 4.69) is 0 Å². The summed E-state index contributed by atoms with van der Waals surface area (Å²) in [6, 6.07) is 0. The van der Waals surface area contributed by atoms with E-state index in [1.807, 2.05) is 0 Å². The Kier molecular flexibility index (Phi) is 1.86. The second-order valence-electron chi connectivity index (χ2n) is 1.97. The van der Waals surface area contributed by atoms with Gasteiger partial charge in [0.15, 0.2) is 4.33 Å². The molecule has 52 valence electrons. The molecule has 0 aromatic carbocycles. The Morgan fingerprint density at radius 3 is 2.11 bits per heavy atom. The maximum absolute atomic E-state index is 8.91. The first-order chi connectivity index (χ1) is 4.04. The zero-order chi connectivity index (χ0) is 7.07. The normalized spacial score (nSPS) is 25.2. The van der Waals surface area contributed by atoms with Gasteiger partial charge in [-0.2, -0.15) is 0 Å². The van der Waals surface area contributed by atoms with Gasteiger partial charge in [-0.25, -0.2) is 0 Å². The largest absolute Gasteiger partial charge is 0.511 e. The zero-order valence-corrected chi connectivity index (χ0v) is 6.76. The molecule has 0 aliphatic heterocycles. The van der Waals surface area contributed by atoms with E-state index in [1.54, 1.807) is 0 Å². The summed E-state index contributed by atoms with van der Waals surface area (Å²) >= 11 is 16.8.